The lowest BCUT2D eigenvalue weighted by Crippen LogP contribution is -2.47. The number of carboxylic acids is 1. The number of aliphatic carboxylic acids is 1. The molecule has 0 aliphatic carbocycles. The zero-order chi connectivity index (χ0) is 18.1. The average molecular weight is 362 g/mol. The molecular weight excluding hydrogens is 343 g/mol. The molecule has 1 fully saturated rings. The number of carbonyl (C=O) groups is 2. The molecule has 7 heteroatoms. The van der Waals surface area contributed by atoms with E-state index >= 15 is 0 Å². The number of rotatable bonds is 3. The molecule has 2 atom stereocenters. The first-order valence-electron chi connectivity index (χ1n) is 8.14. The molecule has 1 amide bonds. The summed E-state index contributed by atoms with van der Waals surface area (Å²) in [5.74, 6) is -1.89. The summed E-state index contributed by atoms with van der Waals surface area (Å²) in [6.07, 6.45) is 1.26. The minimum absolute atomic E-state index is 0.00105. The Labute approximate surface area is 149 Å². The molecule has 2 heterocycles. The number of thiazole rings is 1. The van der Waals surface area contributed by atoms with E-state index in [1.54, 1.807) is 24.0 Å². The number of hydrogen-bond acceptors (Lipinski definition) is 4. The summed E-state index contributed by atoms with van der Waals surface area (Å²) in [6, 6.07) is 5.98. The van der Waals surface area contributed by atoms with Gasteiger partial charge in [-0.25, -0.2) is 9.37 Å². The third-order valence-electron chi connectivity index (χ3n) is 4.57. The summed E-state index contributed by atoms with van der Waals surface area (Å²) in [6.45, 7) is 3.92. The second-order valence-corrected chi connectivity index (χ2v) is 7.36. The summed E-state index contributed by atoms with van der Waals surface area (Å²) < 4.78 is 13.1. The van der Waals surface area contributed by atoms with E-state index in [0.29, 0.717) is 28.4 Å². The summed E-state index contributed by atoms with van der Waals surface area (Å²) >= 11 is 1.26. The van der Waals surface area contributed by atoms with Gasteiger partial charge in [-0.2, -0.15) is 0 Å². The molecule has 1 aromatic carbocycles. The summed E-state index contributed by atoms with van der Waals surface area (Å²) in [7, 11) is 0. The number of amides is 1. The molecule has 1 aromatic heterocycles. The Morgan fingerprint density at radius 3 is 2.60 bits per heavy atom. The molecule has 0 spiro atoms. The second kappa shape index (κ2) is 6.92. The van der Waals surface area contributed by atoms with E-state index < -0.39 is 11.9 Å². The van der Waals surface area contributed by atoms with E-state index in [2.05, 4.69) is 4.98 Å². The van der Waals surface area contributed by atoms with Crippen LogP contribution in [0.4, 0.5) is 4.39 Å². The standard InChI is InChI=1S/C18H19FN2O3S/c1-10-3-4-13(18(23)24)9-21(10)17(22)15-11(2)20-16(25-15)12-5-7-14(19)8-6-12/h5-8,10,13H,3-4,9H2,1-2H3,(H,23,24). The number of carbonyl (C=O) groups excluding carboxylic acids is 1. The van der Waals surface area contributed by atoms with Crippen LogP contribution in [0.2, 0.25) is 0 Å². The number of halogens is 1. The molecule has 25 heavy (non-hydrogen) atoms. The van der Waals surface area contributed by atoms with Gasteiger partial charge in [0, 0.05) is 18.2 Å². The van der Waals surface area contributed by atoms with E-state index in [9.17, 15) is 19.1 Å². The van der Waals surface area contributed by atoms with Gasteiger partial charge < -0.3 is 10.0 Å². The van der Waals surface area contributed by atoms with Gasteiger partial charge in [-0.1, -0.05) is 0 Å². The highest BCUT2D eigenvalue weighted by Gasteiger charge is 2.34. The fourth-order valence-electron chi connectivity index (χ4n) is 3.03. The van der Waals surface area contributed by atoms with Crippen molar-refractivity contribution >= 4 is 23.2 Å². The van der Waals surface area contributed by atoms with Crippen molar-refractivity contribution in [2.45, 2.75) is 32.7 Å². The Balaban J connectivity index is 1.87. The van der Waals surface area contributed by atoms with Crippen molar-refractivity contribution in [3.63, 3.8) is 0 Å². The predicted molar refractivity (Wildman–Crippen MR) is 93.1 cm³/mol. The maximum absolute atomic E-state index is 13.1. The van der Waals surface area contributed by atoms with Crippen LogP contribution in [0.25, 0.3) is 10.6 Å². The van der Waals surface area contributed by atoms with Crippen LogP contribution in [-0.4, -0.2) is 39.5 Å². The van der Waals surface area contributed by atoms with Gasteiger partial charge in [0.25, 0.3) is 5.91 Å². The molecule has 2 unspecified atom stereocenters. The number of aryl methyl sites for hydroxylation is 1. The Hall–Kier alpha value is -2.28. The summed E-state index contributed by atoms with van der Waals surface area (Å²) in [5.41, 5.74) is 1.36. The van der Waals surface area contributed by atoms with Crippen molar-refractivity contribution in [3.05, 3.63) is 40.7 Å². The minimum atomic E-state index is -0.863. The van der Waals surface area contributed by atoms with Gasteiger partial charge in [0.2, 0.25) is 0 Å². The molecule has 132 valence electrons. The molecule has 0 radical (unpaired) electrons. The number of hydrogen-bond donors (Lipinski definition) is 1. The maximum Gasteiger partial charge on any atom is 0.308 e. The number of nitrogens with zero attached hydrogens (tertiary/aromatic N) is 2. The number of benzene rings is 1. The van der Waals surface area contributed by atoms with Crippen molar-refractivity contribution in [2.24, 2.45) is 5.92 Å². The normalized spacial score (nSPS) is 20.5. The molecule has 1 aliphatic rings. The van der Waals surface area contributed by atoms with Crippen LogP contribution in [0.5, 0.6) is 0 Å². The minimum Gasteiger partial charge on any atom is -0.481 e. The Kier molecular flexibility index (Phi) is 4.85. The molecule has 0 bridgehead atoms. The van der Waals surface area contributed by atoms with Crippen molar-refractivity contribution in [3.8, 4) is 10.6 Å². The van der Waals surface area contributed by atoms with Crippen LogP contribution in [0, 0.1) is 18.7 Å². The molecule has 0 saturated carbocycles. The van der Waals surface area contributed by atoms with Crippen LogP contribution in [0.3, 0.4) is 0 Å². The number of piperidine rings is 1. The van der Waals surface area contributed by atoms with Crippen LogP contribution < -0.4 is 0 Å². The zero-order valence-corrected chi connectivity index (χ0v) is 14.8. The SMILES string of the molecule is Cc1nc(-c2ccc(F)cc2)sc1C(=O)N1CC(C(=O)O)CCC1C. The molecule has 3 rings (SSSR count). The van der Waals surface area contributed by atoms with Crippen LogP contribution in [0.15, 0.2) is 24.3 Å². The van der Waals surface area contributed by atoms with Crippen LogP contribution in [-0.2, 0) is 4.79 Å². The number of aromatic nitrogens is 1. The first-order chi connectivity index (χ1) is 11.9. The Bertz CT molecular complexity index is 803. The fraction of sp³-hybridized carbons (Fsp3) is 0.389. The molecule has 1 saturated heterocycles. The molecular formula is C18H19FN2O3S. The highest BCUT2D eigenvalue weighted by molar-refractivity contribution is 7.17. The highest BCUT2D eigenvalue weighted by Crippen LogP contribution is 2.31. The van der Waals surface area contributed by atoms with Crippen molar-refractivity contribution in [1.82, 2.24) is 9.88 Å². The smallest absolute Gasteiger partial charge is 0.308 e. The monoisotopic (exact) mass is 362 g/mol. The van der Waals surface area contributed by atoms with Gasteiger partial charge in [0.1, 0.15) is 15.7 Å². The van der Waals surface area contributed by atoms with E-state index in [1.165, 1.54) is 23.5 Å². The zero-order valence-electron chi connectivity index (χ0n) is 14.0. The highest BCUT2D eigenvalue weighted by atomic mass is 32.1. The third-order valence-corrected chi connectivity index (χ3v) is 5.77. The molecule has 5 nitrogen and oxygen atoms in total. The second-order valence-electron chi connectivity index (χ2n) is 6.36. The first-order valence-corrected chi connectivity index (χ1v) is 8.95. The molecule has 1 N–H and O–H groups in total. The van der Waals surface area contributed by atoms with Gasteiger partial charge in [-0.05, 0) is 51.0 Å². The number of carboxylic acid groups (broad SMARTS) is 1. The predicted octanol–water partition coefficient (Wildman–Crippen LogP) is 3.58. The van der Waals surface area contributed by atoms with Gasteiger partial charge in [0.15, 0.2) is 0 Å². The quantitative estimate of drug-likeness (QED) is 0.906. The maximum atomic E-state index is 13.1. The van der Waals surface area contributed by atoms with Gasteiger partial charge in [-0.15, -0.1) is 11.3 Å². The van der Waals surface area contributed by atoms with Gasteiger partial charge in [0.05, 0.1) is 11.6 Å². The van der Waals surface area contributed by atoms with E-state index in [0.717, 1.165) is 5.56 Å². The van der Waals surface area contributed by atoms with Crippen molar-refractivity contribution in [1.29, 1.82) is 0 Å². The van der Waals surface area contributed by atoms with Crippen LogP contribution >= 0.6 is 11.3 Å². The lowest BCUT2D eigenvalue weighted by atomic mass is 9.93. The number of likely N-dealkylation sites (tertiary alicyclic amines) is 1. The topological polar surface area (TPSA) is 70.5 Å². The summed E-state index contributed by atoms with van der Waals surface area (Å²) in [5, 5.41) is 9.90. The summed E-state index contributed by atoms with van der Waals surface area (Å²) in [4.78, 5) is 30.8. The van der Waals surface area contributed by atoms with E-state index in [4.69, 9.17) is 0 Å². The fourth-order valence-corrected chi connectivity index (χ4v) is 4.06. The third kappa shape index (κ3) is 3.56. The first kappa shape index (κ1) is 17.5. The molecule has 1 aliphatic heterocycles. The van der Waals surface area contributed by atoms with E-state index in [-0.39, 0.29) is 24.3 Å². The largest absolute Gasteiger partial charge is 0.481 e. The van der Waals surface area contributed by atoms with Crippen LogP contribution in [0.1, 0.15) is 35.1 Å². The van der Waals surface area contributed by atoms with Gasteiger partial charge >= 0.3 is 5.97 Å². The van der Waals surface area contributed by atoms with Crippen molar-refractivity contribution in [2.75, 3.05) is 6.54 Å². The van der Waals surface area contributed by atoms with E-state index in [1.807, 2.05) is 6.92 Å². The lowest BCUT2D eigenvalue weighted by Gasteiger charge is -2.36. The van der Waals surface area contributed by atoms with Gasteiger partial charge in [-0.3, -0.25) is 9.59 Å². The molecule has 2 aromatic rings. The average Bonchev–Trinajstić information content (AvgIpc) is 2.97. The van der Waals surface area contributed by atoms with Crippen molar-refractivity contribution < 1.29 is 19.1 Å². The Morgan fingerprint density at radius 1 is 1.28 bits per heavy atom. The lowest BCUT2D eigenvalue weighted by molar-refractivity contribution is -0.143. The Morgan fingerprint density at radius 2 is 1.96 bits per heavy atom.